The van der Waals surface area contributed by atoms with Gasteiger partial charge in [-0.05, 0) is 45.9 Å². The Bertz CT molecular complexity index is 434. The summed E-state index contributed by atoms with van der Waals surface area (Å²) in [5.41, 5.74) is 6.74. The van der Waals surface area contributed by atoms with Crippen LogP contribution in [0.1, 0.15) is 27.7 Å². The fraction of sp³-hybridized carbons (Fsp3) is 0.462. The van der Waals surface area contributed by atoms with Crippen molar-refractivity contribution in [3.63, 3.8) is 0 Å². The van der Waals surface area contributed by atoms with Crippen LogP contribution >= 0.6 is 23.2 Å². The van der Waals surface area contributed by atoms with Gasteiger partial charge in [0.15, 0.2) is 5.96 Å². The van der Waals surface area contributed by atoms with E-state index in [0.717, 1.165) is 0 Å². The Morgan fingerprint density at radius 2 is 1.67 bits per heavy atom. The second-order valence-corrected chi connectivity index (χ2v) is 5.48. The van der Waals surface area contributed by atoms with Crippen molar-refractivity contribution >= 4 is 34.8 Å². The van der Waals surface area contributed by atoms with E-state index in [2.05, 4.69) is 32.7 Å². The van der Waals surface area contributed by atoms with Crippen LogP contribution in [-0.4, -0.2) is 22.9 Å². The molecule has 0 aliphatic carbocycles. The monoisotopic (exact) mass is 287 g/mol. The molecule has 0 atom stereocenters. The highest BCUT2D eigenvalue weighted by Crippen LogP contribution is 2.26. The molecule has 0 amide bonds. The van der Waals surface area contributed by atoms with E-state index < -0.39 is 0 Å². The van der Waals surface area contributed by atoms with Gasteiger partial charge in [-0.1, -0.05) is 23.2 Å². The third kappa shape index (κ3) is 3.79. The molecule has 18 heavy (non-hydrogen) atoms. The molecule has 0 heterocycles. The van der Waals surface area contributed by atoms with Gasteiger partial charge in [0.2, 0.25) is 0 Å². The fourth-order valence-corrected chi connectivity index (χ4v) is 2.16. The molecule has 1 rings (SSSR count). The van der Waals surface area contributed by atoms with Crippen molar-refractivity contribution in [1.29, 1.82) is 0 Å². The summed E-state index contributed by atoms with van der Waals surface area (Å²) in [5, 5.41) is 0.991. The van der Waals surface area contributed by atoms with Crippen molar-refractivity contribution in [1.82, 2.24) is 4.90 Å². The minimum absolute atomic E-state index is 0.288. The first-order valence-corrected chi connectivity index (χ1v) is 6.66. The number of nitrogens with two attached hydrogens (primary N) is 1. The number of aliphatic imine (C=N–C) groups is 1. The van der Waals surface area contributed by atoms with Gasteiger partial charge in [0.1, 0.15) is 0 Å². The summed E-state index contributed by atoms with van der Waals surface area (Å²) in [6.07, 6.45) is 0. The number of benzene rings is 1. The van der Waals surface area contributed by atoms with Gasteiger partial charge in [-0.15, -0.1) is 0 Å². The van der Waals surface area contributed by atoms with Gasteiger partial charge < -0.3 is 10.6 Å². The predicted octanol–water partition coefficient (Wildman–Crippen LogP) is 4.06. The van der Waals surface area contributed by atoms with Crippen LogP contribution in [0.4, 0.5) is 5.69 Å². The van der Waals surface area contributed by atoms with Crippen LogP contribution in [0.2, 0.25) is 10.0 Å². The molecule has 0 aliphatic heterocycles. The lowest BCUT2D eigenvalue weighted by molar-refractivity contribution is 0.289. The van der Waals surface area contributed by atoms with Crippen molar-refractivity contribution < 1.29 is 0 Å². The molecule has 2 N–H and O–H groups in total. The number of hydrogen-bond donors (Lipinski definition) is 1. The molecule has 1 aromatic carbocycles. The maximum atomic E-state index is 6.04. The summed E-state index contributed by atoms with van der Waals surface area (Å²) in [5.74, 6) is 0.485. The molecule has 0 saturated carbocycles. The molecule has 3 nitrogen and oxygen atoms in total. The SMILES string of the molecule is CC(C)N(C(N)=Nc1ccc(Cl)c(Cl)c1)C(C)C. The van der Waals surface area contributed by atoms with E-state index >= 15 is 0 Å². The molecule has 0 bridgehead atoms. The van der Waals surface area contributed by atoms with E-state index in [0.29, 0.717) is 21.7 Å². The summed E-state index contributed by atoms with van der Waals surface area (Å²) in [6.45, 7) is 8.32. The average Bonchev–Trinajstić information content (AvgIpc) is 2.22. The van der Waals surface area contributed by atoms with E-state index in [4.69, 9.17) is 28.9 Å². The second-order valence-electron chi connectivity index (χ2n) is 4.66. The zero-order valence-electron chi connectivity index (χ0n) is 11.1. The molecule has 0 aliphatic rings. The Kier molecular flexibility index (Phi) is 5.29. The van der Waals surface area contributed by atoms with Gasteiger partial charge >= 0.3 is 0 Å². The molecule has 0 saturated heterocycles. The van der Waals surface area contributed by atoms with E-state index in [9.17, 15) is 0 Å². The lowest BCUT2D eigenvalue weighted by atomic mass is 10.2. The zero-order chi connectivity index (χ0) is 13.9. The smallest absolute Gasteiger partial charge is 0.196 e. The number of hydrogen-bond acceptors (Lipinski definition) is 1. The van der Waals surface area contributed by atoms with Gasteiger partial charge in [-0.2, -0.15) is 0 Å². The summed E-state index contributed by atoms with van der Waals surface area (Å²) < 4.78 is 0. The highest BCUT2D eigenvalue weighted by atomic mass is 35.5. The van der Waals surface area contributed by atoms with Gasteiger partial charge in [0.25, 0.3) is 0 Å². The summed E-state index contributed by atoms with van der Waals surface area (Å²) in [6, 6.07) is 5.79. The average molecular weight is 288 g/mol. The normalized spacial score (nSPS) is 12.3. The molecule has 5 heteroatoms. The van der Waals surface area contributed by atoms with Crippen LogP contribution in [0, 0.1) is 0 Å². The van der Waals surface area contributed by atoms with Crippen LogP contribution in [0.25, 0.3) is 0 Å². The number of rotatable bonds is 3. The quantitative estimate of drug-likeness (QED) is 0.673. The predicted molar refractivity (Wildman–Crippen MR) is 79.9 cm³/mol. The fourth-order valence-electron chi connectivity index (χ4n) is 1.87. The lowest BCUT2D eigenvalue weighted by Gasteiger charge is -2.31. The minimum Gasteiger partial charge on any atom is -0.369 e. The van der Waals surface area contributed by atoms with E-state index in [1.165, 1.54) is 0 Å². The molecule has 0 unspecified atom stereocenters. The number of guanidine groups is 1. The van der Waals surface area contributed by atoms with Crippen LogP contribution < -0.4 is 5.73 Å². The third-order valence-corrected chi connectivity index (χ3v) is 3.26. The Labute approximate surface area is 119 Å². The second kappa shape index (κ2) is 6.30. The van der Waals surface area contributed by atoms with Gasteiger partial charge in [0.05, 0.1) is 15.7 Å². The minimum atomic E-state index is 0.288. The van der Waals surface area contributed by atoms with Crippen LogP contribution in [0.5, 0.6) is 0 Å². The van der Waals surface area contributed by atoms with Gasteiger partial charge in [-0.25, -0.2) is 4.99 Å². The molecule has 100 valence electrons. The van der Waals surface area contributed by atoms with E-state index in [-0.39, 0.29) is 12.1 Å². The number of nitrogens with zero attached hydrogens (tertiary/aromatic N) is 2. The molecule has 1 aromatic rings. The third-order valence-electron chi connectivity index (χ3n) is 2.52. The van der Waals surface area contributed by atoms with Gasteiger partial charge in [0, 0.05) is 12.1 Å². The maximum absolute atomic E-state index is 6.04. The van der Waals surface area contributed by atoms with Crippen molar-refractivity contribution in [3.05, 3.63) is 28.2 Å². The standard InChI is InChI=1S/C13H19Cl2N3/c1-8(2)18(9(3)4)13(16)17-10-5-6-11(14)12(15)7-10/h5-9H,1-4H3,(H2,16,17). The largest absolute Gasteiger partial charge is 0.369 e. The van der Waals surface area contributed by atoms with Crippen LogP contribution in [0.15, 0.2) is 23.2 Å². The Morgan fingerprint density at radius 3 is 2.11 bits per heavy atom. The van der Waals surface area contributed by atoms with Crippen molar-refractivity contribution in [3.8, 4) is 0 Å². The molecule has 0 aromatic heterocycles. The van der Waals surface area contributed by atoms with E-state index in [1.54, 1.807) is 18.2 Å². The van der Waals surface area contributed by atoms with Gasteiger partial charge in [-0.3, -0.25) is 0 Å². The Balaban J connectivity index is 3.03. The highest BCUT2D eigenvalue weighted by molar-refractivity contribution is 6.42. The van der Waals surface area contributed by atoms with Crippen LogP contribution in [0.3, 0.4) is 0 Å². The molecule has 0 fully saturated rings. The summed E-state index contributed by atoms with van der Waals surface area (Å²) in [4.78, 5) is 6.43. The summed E-state index contributed by atoms with van der Waals surface area (Å²) in [7, 11) is 0. The molecular formula is C13H19Cl2N3. The zero-order valence-corrected chi connectivity index (χ0v) is 12.6. The molecular weight excluding hydrogens is 269 g/mol. The van der Waals surface area contributed by atoms with E-state index in [1.807, 2.05) is 4.90 Å². The van der Waals surface area contributed by atoms with Crippen molar-refractivity contribution in [2.45, 2.75) is 39.8 Å². The first-order chi connectivity index (χ1) is 8.32. The number of halogens is 2. The first kappa shape index (κ1) is 15.1. The lowest BCUT2D eigenvalue weighted by Crippen LogP contribution is -2.46. The van der Waals surface area contributed by atoms with Crippen molar-refractivity contribution in [2.75, 3.05) is 0 Å². The Hall–Kier alpha value is -0.930. The topological polar surface area (TPSA) is 41.6 Å². The highest BCUT2D eigenvalue weighted by Gasteiger charge is 2.15. The maximum Gasteiger partial charge on any atom is 0.196 e. The first-order valence-electron chi connectivity index (χ1n) is 5.90. The van der Waals surface area contributed by atoms with Crippen LogP contribution in [-0.2, 0) is 0 Å². The summed E-state index contributed by atoms with van der Waals surface area (Å²) >= 11 is 11.8. The van der Waals surface area contributed by atoms with Crippen molar-refractivity contribution in [2.24, 2.45) is 10.7 Å². The Morgan fingerprint density at radius 1 is 1.11 bits per heavy atom. The molecule has 0 spiro atoms. The molecule has 0 radical (unpaired) electrons.